The molecule has 0 fully saturated rings. The molecule has 0 aliphatic rings. The topological polar surface area (TPSA) is 68.7 Å². The van der Waals surface area contributed by atoms with Gasteiger partial charge in [-0.3, -0.25) is 0 Å². The molecule has 0 saturated heterocycles. The van der Waals surface area contributed by atoms with Crippen LogP contribution in [0.4, 0.5) is 0 Å². The van der Waals surface area contributed by atoms with Gasteiger partial charge in [0.25, 0.3) is 0 Å². The average molecular weight is 326 g/mol. The molecule has 0 saturated carbocycles. The van der Waals surface area contributed by atoms with Crippen molar-refractivity contribution in [3.8, 4) is 5.75 Å². The number of halogens is 1. The third-order valence-corrected chi connectivity index (χ3v) is 3.74. The van der Waals surface area contributed by atoms with E-state index in [0.717, 1.165) is 17.6 Å². The maximum Gasteiger partial charge on any atom is 0.340 e. The van der Waals surface area contributed by atoms with Gasteiger partial charge in [-0.05, 0) is 12.1 Å². The maximum absolute atomic E-state index is 11.3. The molecule has 5 nitrogen and oxygen atoms in total. The maximum atomic E-state index is 11.3. The van der Waals surface area contributed by atoms with Gasteiger partial charge in [-0.2, -0.15) is 0 Å². The number of carboxylic acids is 1. The normalized spacial score (nSPS) is 11.2. The first-order valence-corrected chi connectivity index (χ1v) is 7.11. The molecule has 1 N–H and O–H groups in total. The lowest BCUT2D eigenvalue weighted by atomic mass is 10.2. The van der Waals surface area contributed by atoms with Gasteiger partial charge in [0.1, 0.15) is 17.9 Å². The molecule has 0 bridgehead atoms. The molecule has 110 valence electrons. The highest BCUT2D eigenvalue weighted by Crippen LogP contribution is 2.30. The molecule has 0 aliphatic carbocycles. The number of aliphatic carboxylic acids is 1. The zero-order valence-electron chi connectivity index (χ0n) is 11.1. The molecular formula is C14H12ClNO4S. The highest BCUT2D eigenvalue weighted by atomic mass is 35.5. The van der Waals surface area contributed by atoms with Crippen molar-refractivity contribution in [3.63, 3.8) is 0 Å². The van der Waals surface area contributed by atoms with Crippen LogP contribution in [-0.4, -0.2) is 23.2 Å². The number of carbonyl (C=O) groups is 1. The van der Waals surface area contributed by atoms with E-state index in [1.165, 1.54) is 7.11 Å². The Balaban J connectivity index is 2.24. The molecular weight excluding hydrogens is 314 g/mol. The summed E-state index contributed by atoms with van der Waals surface area (Å²) in [4.78, 5) is 15.8. The van der Waals surface area contributed by atoms with Gasteiger partial charge >= 0.3 is 5.97 Å². The summed E-state index contributed by atoms with van der Waals surface area (Å²) in [7, 11) is 1.38. The Morgan fingerprint density at radius 3 is 2.76 bits per heavy atom. The largest absolute Gasteiger partial charge is 0.503 e. The Morgan fingerprint density at radius 2 is 2.14 bits per heavy atom. The Labute approximate surface area is 130 Å². The number of thiazole rings is 1. The van der Waals surface area contributed by atoms with Crippen molar-refractivity contribution in [2.75, 3.05) is 7.11 Å². The van der Waals surface area contributed by atoms with Crippen molar-refractivity contribution in [3.05, 3.63) is 51.6 Å². The SMILES string of the molecule is CO/C=C(/C(=O)O)c1sc(Cl)nc1COc1ccccc1. The van der Waals surface area contributed by atoms with E-state index in [1.54, 1.807) is 12.1 Å². The van der Waals surface area contributed by atoms with Gasteiger partial charge in [-0.15, -0.1) is 11.3 Å². The molecule has 0 aliphatic heterocycles. The van der Waals surface area contributed by atoms with E-state index >= 15 is 0 Å². The van der Waals surface area contributed by atoms with Crippen LogP contribution in [0.3, 0.4) is 0 Å². The molecule has 0 atom stereocenters. The van der Waals surface area contributed by atoms with Crippen LogP contribution in [0.25, 0.3) is 5.57 Å². The number of carboxylic acid groups (broad SMARTS) is 1. The van der Waals surface area contributed by atoms with Crippen LogP contribution >= 0.6 is 22.9 Å². The summed E-state index contributed by atoms with van der Waals surface area (Å²) in [5, 5.41) is 9.22. The van der Waals surface area contributed by atoms with Crippen LogP contribution in [0.15, 0.2) is 36.6 Å². The first kappa shape index (κ1) is 15.3. The molecule has 1 aromatic carbocycles. The highest BCUT2D eigenvalue weighted by Gasteiger charge is 2.20. The minimum Gasteiger partial charge on any atom is -0.503 e. The van der Waals surface area contributed by atoms with E-state index in [-0.39, 0.29) is 16.6 Å². The van der Waals surface area contributed by atoms with Crippen LogP contribution in [0.2, 0.25) is 4.47 Å². The third kappa shape index (κ3) is 3.96. The summed E-state index contributed by atoms with van der Waals surface area (Å²) in [5.41, 5.74) is 0.452. The van der Waals surface area contributed by atoms with Gasteiger partial charge in [0.05, 0.1) is 23.9 Å². The third-order valence-electron chi connectivity index (χ3n) is 2.50. The lowest BCUT2D eigenvalue weighted by Crippen LogP contribution is -2.04. The fourth-order valence-electron chi connectivity index (χ4n) is 1.62. The second kappa shape index (κ2) is 7.10. The number of para-hydroxylation sites is 1. The second-order valence-electron chi connectivity index (χ2n) is 3.92. The van der Waals surface area contributed by atoms with Crippen molar-refractivity contribution in [2.24, 2.45) is 0 Å². The summed E-state index contributed by atoms with van der Waals surface area (Å²) < 4.78 is 10.6. The molecule has 1 heterocycles. The monoisotopic (exact) mass is 325 g/mol. The number of nitrogens with zero attached hydrogens (tertiary/aromatic N) is 1. The van der Waals surface area contributed by atoms with Crippen LogP contribution in [0.1, 0.15) is 10.6 Å². The number of hydrogen-bond acceptors (Lipinski definition) is 5. The van der Waals surface area contributed by atoms with Gasteiger partial charge in [0, 0.05) is 0 Å². The molecule has 21 heavy (non-hydrogen) atoms. The van der Waals surface area contributed by atoms with Crippen molar-refractivity contribution in [1.82, 2.24) is 4.98 Å². The number of methoxy groups -OCH3 is 1. The van der Waals surface area contributed by atoms with Crippen LogP contribution < -0.4 is 4.74 Å². The lowest BCUT2D eigenvalue weighted by molar-refractivity contribution is -0.130. The van der Waals surface area contributed by atoms with E-state index in [1.807, 2.05) is 18.2 Å². The quantitative estimate of drug-likeness (QED) is 0.650. The fraction of sp³-hybridized carbons (Fsp3) is 0.143. The summed E-state index contributed by atoms with van der Waals surface area (Å²) in [6.07, 6.45) is 1.15. The van der Waals surface area contributed by atoms with Crippen molar-refractivity contribution >= 4 is 34.5 Å². The van der Waals surface area contributed by atoms with Crippen molar-refractivity contribution < 1.29 is 19.4 Å². The van der Waals surface area contributed by atoms with Gasteiger partial charge in [-0.25, -0.2) is 9.78 Å². The van der Waals surface area contributed by atoms with Crippen LogP contribution in [0.5, 0.6) is 5.75 Å². The molecule has 1 aromatic heterocycles. The first-order valence-electron chi connectivity index (χ1n) is 5.91. The number of hydrogen-bond donors (Lipinski definition) is 1. The molecule has 2 aromatic rings. The average Bonchev–Trinajstić information content (AvgIpc) is 2.84. The van der Waals surface area contributed by atoms with Crippen LogP contribution in [0, 0.1) is 0 Å². The van der Waals surface area contributed by atoms with E-state index in [2.05, 4.69) is 4.98 Å². The van der Waals surface area contributed by atoms with Gasteiger partial charge in [0.2, 0.25) is 0 Å². The minimum atomic E-state index is -1.11. The Bertz CT molecular complexity index is 654. The highest BCUT2D eigenvalue weighted by molar-refractivity contribution is 7.17. The smallest absolute Gasteiger partial charge is 0.340 e. The molecule has 0 radical (unpaired) electrons. The minimum absolute atomic E-state index is 0.00596. The second-order valence-corrected chi connectivity index (χ2v) is 5.50. The molecule has 0 spiro atoms. The summed E-state index contributed by atoms with van der Waals surface area (Å²) in [5.74, 6) is -0.446. The van der Waals surface area contributed by atoms with Crippen molar-refractivity contribution in [2.45, 2.75) is 6.61 Å². The zero-order chi connectivity index (χ0) is 15.2. The molecule has 0 unspecified atom stereocenters. The number of aromatic nitrogens is 1. The number of rotatable bonds is 6. The van der Waals surface area contributed by atoms with Gasteiger partial charge in [-0.1, -0.05) is 29.8 Å². The number of benzene rings is 1. The Kier molecular flexibility index (Phi) is 5.19. The van der Waals surface area contributed by atoms with Gasteiger partial charge < -0.3 is 14.6 Å². The van der Waals surface area contributed by atoms with E-state index in [9.17, 15) is 9.90 Å². The van der Waals surface area contributed by atoms with Crippen LogP contribution in [-0.2, 0) is 16.1 Å². The fourth-order valence-corrected chi connectivity index (χ4v) is 2.74. The summed E-state index contributed by atoms with van der Waals surface area (Å²) in [6, 6.07) is 9.17. The molecule has 0 amide bonds. The number of ether oxygens (including phenoxy) is 2. The Morgan fingerprint density at radius 1 is 1.43 bits per heavy atom. The predicted molar refractivity (Wildman–Crippen MR) is 80.5 cm³/mol. The van der Waals surface area contributed by atoms with E-state index < -0.39 is 5.97 Å². The summed E-state index contributed by atoms with van der Waals surface area (Å²) >= 11 is 6.96. The van der Waals surface area contributed by atoms with E-state index in [4.69, 9.17) is 21.1 Å². The van der Waals surface area contributed by atoms with Crippen molar-refractivity contribution in [1.29, 1.82) is 0 Å². The van der Waals surface area contributed by atoms with Gasteiger partial charge in [0.15, 0.2) is 4.47 Å². The lowest BCUT2D eigenvalue weighted by Gasteiger charge is -2.06. The standard InChI is InChI=1S/C14H12ClNO4S/c1-19-7-10(13(17)18)12-11(16-14(15)21-12)8-20-9-5-3-2-4-6-9/h2-7H,8H2,1H3,(H,17,18)/b10-7+. The van der Waals surface area contributed by atoms with E-state index in [0.29, 0.717) is 16.3 Å². The molecule has 7 heteroatoms. The summed E-state index contributed by atoms with van der Waals surface area (Å²) in [6.45, 7) is 0.122. The first-order chi connectivity index (χ1) is 10.1. The molecule has 2 rings (SSSR count). The Hall–Kier alpha value is -2.05. The zero-order valence-corrected chi connectivity index (χ0v) is 12.6. The predicted octanol–water partition coefficient (Wildman–Crippen LogP) is 3.45.